The minimum Gasteiger partial charge on any atom is -0.351 e. The molecule has 5 nitrogen and oxygen atoms in total. The van der Waals surface area contributed by atoms with Crippen LogP contribution in [0.2, 0.25) is 0 Å². The lowest BCUT2D eigenvalue weighted by atomic mass is 10.2. The summed E-state index contributed by atoms with van der Waals surface area (Å²) in [5.74, 6) is -0.161. The van der Waals surface area contributed by atoms with E-state index in [1.54, 1.807) is 0 Å². The summed E-state index contributed by atoms with van der Waals surface area (Å²) in [5, 5.41) is 2.58. The van der Waals surface area contributed by atoms with Gasteiger partial charge < -0.3 is 5.32 Å². The lowest BCUT2D eigenvalue weighted by Crippen LogP contribution is -2.59. The fraction of sp³-hybridized carbons (Fsp3) is 0.800. The van der Waals surface area contributed by atoms with Crippen molar-refractivity contribution in [2.75, 3.05) is 13.1 Å². The van der Waals surface area contributed by atoms with Crippen molar-refractivity contribution in [2.45, 2.75) is 13.0 Å². The fourth-order valence-corrected chi connectivity index (χ4v) is 2.05. The normalized spacial score (nSPS) is 20.2. The first-order valence-electron chi connectivity index (χ1n) is 3.36. The van der Waals surface area contributed by atoms with Crippen molar-refractivity contribution in [3.8, 4) is 0 Å². The average Bonchev–Trinajstić information content (AvgIpc) is 1.73. The molecule has 0 spiro atoms. The van der Waals surface area contributed by atoms with E-state index in [0.717, 1.165) is 4.31 Å². The van der Waals surface area contributed by atoms with Gasteiger partial charge in [0, 0.05) is 30.7 Å². The Hall–Kier alpha value is -0.330. The number of nitrogens with zero attached hydrogens (tertiary/aromatic N) is 1. The van der Waals surface area contributed by atoms with Crippen molar-refractivity contribution < 1.29 is 13.2 Å². The fourth-order valence-electron chi connectivity index (χ4n) is 0.995. The SMILES string of the molecule is CC(=O)NC1CN(S(=O)(=O)Cl)C1. The van der Waals surface area contributed by atoms with E-state index in [1.165, 1.54) is 6.92 Å². The van der Waals surface area contributed by atoms with Gasteiger partial charge in [-0.15, -0.1) is 0 Å². The summed E-state index contributed by atoms with van der Waals surface area (Å²) < 4.78 is 22.3. The third-order valence-electron chi connectivity index (χ3n) is 1.56. The maximum atomic E-state index is 10.6. The molecule has 1 N–H and O–H groups in total. The van der Waals surface area contributed by atoms with Crippen LogP contribution in [0.5, 0.6) is 0 Å². The maximum absolute atomic E-state index is 10.6. The number of carbonyl (C=O) groups excluding carboxylic acids is 1. The van der Waals surface area contributed by atoms with Crippen molar-refractivity contribution in [2.24, 2.45) is 0 Å². The molecule has 0 unspecified atom stereocenters. The predicted molar refractivity (Wildman–Crippen MR) is 44.0 cm³/mol. The molecule has 0 aromatic carbocycles. The van der Waals surface area contributed by atoms with E-state index in [2.05, 4.69) is 5.32 Å². The molecular weight excluding hydrogens is 204 g/mol. The van der Waals surface area contributed by atoms with E-state index in [9.17, 15) is 13.2 Å². The average molecular weight is 213 g/mol. The number of hydrogen-bond acceptors (Lipinski definition) is 3. The lowest BCUT2D eigenvalue weighted by Gasteiger charge is -2.36. The van der Waals surface area contributed by atoms with Gasteiger partial charge in [0.05, 0.1) is 6.04 Å². The lowest BCUT2D eigenvalue weighted by molar-refractivity contribution is -0.120. The van der Waals surface area contributed by atoms with E-state index >= 15 is 0 Å². The van der Waals surface area contributed by atoms with Crippen LogP contribution >= 0.6 is 10.7 Å². The summed E-state index contributed by atoms with van der Waals surface area (Å²) in [6.07, 6.45) is 0. The quantitative estimate of drug-likeness (QED) is 0.615. The summed E-state index contributed by atoms with van der Waals surface area (Å²) in [6, 6.07) is -0.0870. The molecule has 0 radical (unpaired) electrons. The Balaban J connectivity index is 2.34. The highest BCUT2D eigenvalue weighted by Gasteiger charge is 2.34. The van der Waals surface area contributed by atoms with Crippen LogP contribution in [0.3, 0.4) is 0 Å². The molecule has 0 saturated carbocycles. The highest BCUT2D eigenvalue weighted by molar-refractivity contribution is 8.11. The van der Waals surface area contributed by atoms with Crippen LogP contribution in [0.25, 0.3) is 0 Å². The first-order chi connectivity index (χ1) is 5.39. The third-order valence-corrected chi connectivity index (χ3v) is 3.06. The summed E-state index contributed by atoms with van der Waals surface area (Å²) in [5.41, 5.74) is 0. The molecule has 1 aliphatic heterocycles. The van der Waals surface area contributed by atoms with Gasteiger partial charge in [0.15, 0.2) is 0 Å². The second-order valence-electron chi connectivity index (χ2n) is 2.66. The summed E-state index contributed by atoms with van der Waals surface area (Å²) in [7, 11) is 1.44. The Morgan fingerprint density at radius 3 is 2.42 bits per heavy atom. The second kappa shape index (κ2) is 3.20. The second-order valence-corrected chi connectivity index (χ2v) is 5.17. The van der Waals surface area contributed by atoms with Crippen LogP contribution in [0.4, 0.5) is 0 Å². The smallest absolute Gasteiger partial charge is 0.299 e. The molecule has 7 heteroatoms. The minimum atomic E-state index is -3.58. The molecule has 0 aliphatic carbocycles. The highest BCUT2D eigenvalue weighted by atomic mass is 35.7. The minimum absolute atomic E-state index is 0.0870. The number of nitrogens with one attached hydrogen (secondary N) is 1. The largest absolute Gasteiger partial charge is 0.351 e. The first kappa shape index (κ1) is 9.76. The predicted octanol–water partition coefficient (Wildman–Crippen LogP) is -0.710. The monoisotopic (exact) mass is 212 g/mol. The van der Waals surface area contributed by atoms with Crippen LogP contribution in [-0.4, -0.2) is 37.8 Å². The summed E-state index contributed by atoms with van der Waals surface area (Å²) in [6.45, 7) is 1.93. The summed E-state index contributed by atoms with van der Waals surface area (Å²) >= 11 is 0. The van der Waals surface area contributed by atoms with Gasteiger partial charge in [-0.2, -0.15) is 12.7 Å². The van der Waals surface area contributed by atoms with Crippen molar-refractivity contribution in [1.82, 2.24) is 9.62 Å². The van der Waals surface area contributed by atoms with Crippen LogP contribution < -0.4 is 5.32 Å². The van der Waals surface area contributed by atoms with Crippen molar-refractivity contribution in [3.63, 3.8) is 0 Å². The molecular formula is C5H9ClN2O3S. The summed E-state index contributed by atoms with van der Waals surface area (Å²) in [4.78, 5) is 10.5. The molecule has 0 aromatic heterocycles. The maximum Gasteiger partial charge on any atom is 0.299 e. The van der Waals surface area contributed by atoms with E-state index in [1.807, 2.05) is 0 Å². The molecule has 1 rings (SSSR count). The van der Waals surface area contributed by atoms with Gasteiger partial charge in [-0.3, -0.25) is 4.79 Å². The number of amides is 1. The molecule has 0 atom stereocenters. The zero-order chi connectivity index (χ0) is 9.35. The van der Waals surface area contributed by atoms with Crippen molar-refractivity contribution >= 4 is 25.8 Å². The topological polar surface area (TPSA) is 66.5 Å². The molecule has 1 saturated heterocycles. The number of rotatable bonds is 2. The van der Waals surface area contributed by atoms with Crippen molar-refractivity contribution in [3.05, 3.63) is 0 Å². The van der Waals surface area contributed by atoms with Gasteiger partial charge in [0.2, 0.25) is 5.91 Å². The molecule has 1 heterocycles. The highest BCUT2D eigenvalue weighted by Crippen LogP contribution is 2.15. The van der Waals surface area contributed by atoms with Gasteiger partial charge in [0.25, 0.3) is 9.24 Å². The third kappa shape index (κ3) is 2.33. The Morgan fingerprint density at radius 2 is 2.08 bits per heavy atom. The number of halogens is 1. The van der Waals surface area contributed by atoms with Gasteiger partial charge in [-0.25, -0.2) is 0 Å². The Kier molecular flexibility index (Phi) is 2.60. The van der Waals surface area contributed by atoms with E-state index in [4.69, 9.17) is 10.7 Å². The first-order valence-corrected chi connectivity index (χ1v) is 5.63. The van der Waals surface area contributed by atoms with E-state index < -0.39 is 9.24 Å². The van der Waals surface area contributed by atoms with E-state index in [0.29, 0.717) is 0 Å². The Bertz CT molecular complexity index is 283. The Labute approximate surface area is 75.2 Å². The Morgan fingerprint density at radius 1 is 1.58 bits per heavy atom. The molecule has 1 amide bonds. The van der Waals surface area contributed by atoms with Crippen LogP contribution in [0.15, 0.2) is 0 Å². The van der Waals surface area contributed by atoms with Crippen molar-refractivity contribution in [1.29, 1.82) is 0 Å². The molecule has 1 fully saturated rings. The number of hydrogen-bond donors (Lipinski definition) is 1. The number of carbonyl (C=O) groups is 1. The van der Waals surface area contributed by atoms with Gasteiger partial charge in [-0.05, 0) is 0 Å². The van der Waals surface area contributed by atoms with E-state index in [-0.39, 0.29) is 25.0 Å². The molecule has 1 aliphatic rings. The molecule has 12 heavy (non-hydrogen) atoms. The molecule has 0 bridgehead atoms. The van der Waals surface area contributed by atoms with Gasteiger partial charge in [0.1, 0.15) is 0 Å². The van der Waals surface area contributed by atoms with Gasteiger partial charge >= 0.3 is 0 Å². The molecule has 70 valence electrons. The zero-order valence-corrected chi connectivity index (χ0v) is 8.02. The van der Waals surface area contributed by atoms with Crippen LogP contribution in [0, 0.1) is 0 Å². The zero-order valence-electron chi connectivity index (χ0n) is 6.45. The van der Waals surface area contributed by atoms with Gasteiger partial charge in [-0.1, -0.05) is 0 Å². The van der Waals surface area contributed by atoms with Crippen LogP contribution in [0.1, 0.15) is 6.92 Å². The standard InChI is InChI=1S/C5H9ClN2O3S/c1-4(9)7-5-2-8(3-5)12(6,10)11/h5H,2-3H2,1H3,(H,7,9). The van der Waals surface area contributed by atoms with Crippen LogP contribution in [-0.2, 0) is 14.0 Å². The molecule has 0 aromatic rings.